The molecule has 0 radical (unpaired) electrons. The van der Waals surface area contributed by atoms with Gasteiger partial charge >= 0.3 is 12.0 Å². The van der Waals surface area contributed by atoms with Crippen molar-refractivity contribution in [1.29, 1.82) is 0 Å². The third kappa shape index (κ3) is 12.6. The van der Waals surface area contributed by atoms with Gasteiger partial charge in [-0.25, -0.2) is 9.59 Å². The Balaban J connectivity index is 3.26. The van der Waals surface area contributed by atoms with Gasteiger partial charge in [0.2, 0.25) is 0 Å². The highest BCUT2D eigenvalue weighted by Gasteiger charge is 2.00. The zero-order valence-electron chi connectivity index (χ0n) is 10.2. The Morgan fingerprint density at radius 1 is 1.18 bits per heavy atom. The Morgan fingerprint density at radius 3 is 2.29 bits per heavy atom. The van der Waals surface area contributed by atoms with E-state index in [2.05, 4.69) is 10.6 Å². The first-order chi connectivity index (χ1) is 8.02. The molecule has 0 aromatic carbocycles. The molecule has 0 bridgehead atoms. The van der Waals surface area contributed by atoms with Crippen LogP contribution < -0.4 is 10.6 Å². The lowest BCUT2D eigenvalue weighted by molar-refractivity contribution is -0.142. The first kappa shape index (κ1) is 15.7. The fourth-order valence-electron chi connectivity index (χ4n) is 0.918. The van der Waals surface area contributed by atoms with Gasteiger partial charge in [-0.15, -0.1) is 0 Å². The van der Waals surface area contributed by atoms with Crippen LogP contribution in [0.25, 0.3) is 0 Å². The van der Waals surface area contributed by atoms with Crippen LogP contribution in [0.2, 0.25) is 0 Å². The molecule has 0 atom stereocenters. The molecular weight excluding hydrogens is 228 g/mol. The second-order valence-electron chi connectivity index (χ2n) is 3.55. The highest BCUT2D eigenvalue weighted by Crippen LogP contribution is 1.84. The van der Waals surface area contributed by atoms with Gasteiger partial charge in [0.05, 0.1) is 19.3 Å². The molecule has 0 aliphatic rings. The Labute approximate surface area is 100 Å². The van der Waals surface area contributed by atoms with Crippen LogP contribution in [-0.2, 0) is 14.3 Å². The fourth-order valence-corrected chi connectivity index (χ4v) is 0.918. The van der Waals surface area contributed by atoms with Crippen molar-refractivity contribution in [3.8, 4) is 0 Å². The molecule has 7 heteroatoms. The lowest BCUT2D eigenvalue weighted by atomic mass is 10.5. The van der Waals surface area contributed by atoms with Crippen molar-refractivity contribution in [3.05, 3.63) is 0 Å². The van der Waals surface area contributed by atoms with Crippen molar-refractivity contribution in [3.63, 3.8) is 0 Å². The summed E-state index contributed by atoms with van der Waals surface area (Å²) in [7, 11) is 0. The molecule has 2 amide bonds. The molecule has 0 saturated heterocycles. The number of hydrogen-bond donors (Lipinski definition) is 3. The monoisotopic (exact) mass is 248 g/mol. The average molecular weight is 248 g/mol. The van der Waals surface area contributed by atoms with E-state index in [0.29, 0.717) is 13.2 Å². The predicted octanol–water partition coefficient (Wildman–Crippen LogP) is -0.188. The highest BCUT2D eigenvalue weighted by molar-refractivity contribution is 5.73. The zero-order chi connectivity index (χ0) is 13.1. The molecule has 0 aromatic rings. The maximum atomic E-state index is 11.1. The average Bonchev–Trinajstić information content (AvgIpc) is 2.23. The van der Waals surface area contributed by atoms with E-state index in [4.69, 9.17) is 14.6 Å². The summed E-state index contributed by atoms with van der Waals surface area (Å²) in [6, 6.07) is -0.323. The smallest absolute Gasteiger partial charge is 0.329 e. The number of carbonyl (C=O) groups excluding carboxylic acids is 1. The van der Waals surface area contributed by atoms with Crippen molar-refractivity contribution < 1.29 is 24.2 Å². The lowest BCUT2D eigenvalue weighted by Crippen LogP contribution is -2.39. The van der Waals surface area contributed by atoms with Crippen LogP contribution >= 0.6 is 0 Å². The Kier molecular flexibility index (Phi) is 9.08. The topological polar surface area (TPSA) is 96.9 Å². The molecule has 7 nitrogen and oxygen atoms in total. The number of urea groups is 1. The van der Waals surface area contributed by atoms with E-state index in [1.54, 1.807) is 0 Å². The molecule has 3 N–H and O–H groups in total. The van der Waals surface area contributed by atoms with Gasteiger partial charge in [0.1, 0.15) is 6.61 Å². The van der Waals surface area contributed by atoms with Gasteiger partial charge in [-0.1, -0.05) is 0 Å². The number of rotatable bonds is 9. The third-order valence-corrected chi connectivity index (χ3v) is 1.60. The molecule has 0 aliphatic carbocycles. The van der Waals surface area contributed by atoms with E-state index in [1.165, 1.54) is 0 Å². The first-order valence-corrected chi connectivity index (χ1v) is 5.45. The van der Waals surface area contributed by atoms with Gasteiger partial charge in [0.15, 0.2) is 0 Å². The molecule has 0 aromatic heterocycles. The Morgan fingerprint density at radius 2 is 1.76 bits per heavy atom. The molecule has 0 spiro atoms. The van der Waals surface area contributed by atoms with E-state index in [9.17, 15) is 9.59 Å². The van der Waals surface area contributed by atoms with E-state index in [1.807, 2.05) is 13.8 Å². The first-order valence-electron chi connectivity index (χ1n) is 5.45. The summed E-state index contributed by atoms with van der Waals surface area (Å²) < 4.78 is 9.97. The summed E-state index contributed by atoms with van der Waals surface area (Å²) in [6.45, 7) is 4.80. The molecule has 100 valence electrons. The van der Waals surface area contributed by atoms with Crippen molar-refractivity contribution >= 4 is 12.0 Å². The minimum atomic E-state index is -1.03. The van der Waals surface area contributed by atoms with E-state index >= 15 is 0 Å². The minimum Gasteiger partial charge on any atom is -0.480 e. The van der Waals surface area contributed by atoms with E-state index in [-0.39, 0.29) is 31.9 Å². The number of ether oxygens (including phenoxy) is 2. The van der Waals surface area contributed by atoms with Crippen molar-refractivity contribution in [2.24, 2.45) is 0 Å². The maximum absolute atomic E-state index is 11.1. The number of carbonyl (C=O) groups is 2. The van der Waals surface area contributed by atoms with Gasteiger partial charge in [0.25, 0.3) is 0 Å². The number of aliphatic carboxylic acids is 1. The summed E-state index contributed by atoms with van der Waals surface area (Å²) in [4.78, 5) is 21.2. The van der Waals surface area contributed by atoms with Crippen LogP contribution in [0.4, 0.5) is 4.79 Å². The molecule has 17 heavy (non-hydrogen) atoms. The van der Waals surface area contributed by atoms with Crippen LogP contribution in [0.15, 0.2) is 0 Å². The number of hydrogen-bond acceptors (Lipinski definition) is 4. The molecule has 0 fully saturated rings. The van der Waals surface area contributed by atoms with Gasteiger partial charge in [-0.05, 0) is 13.8 Å². The summed E-state index contributed by atoms with van der Waals surface area (Å²) >= 11 is 0. The predicted molar refractivity (Wildman–Crippen MR) is 60.9 cm³/mol. The number of carboxylic acid groups (broad SMARTS) is 1. The van der Waals surface area contributed by atoms with Crippen LogP contribution in [0.5, 0.6) is 0 Å². The van der Waals surface area contributed by atoms with Crippen LogP contribution in [0.1, 0.15) is 13.8 Å². The van der Waals surface area contributed by atoms with Crippen LogP contribution in [0, 0.1) is 0 Å². The fraction of sp³-hybridized carbons (Fsp3) is 0.800. The largest absolute Gasteiger partial charge is 0.480 e. The third-order valence-electron chi connectivity index (χ3n) is 1.60. The molecule has 0 rings (SSSR count). The second kappa shape index (κ2) is 9.86. The number of carboxylic acids is 1. The lowest BCUT2D eigenvalue weighted by Gasteiger charge is -2.09. The summed E-state index contributed by atoms with van der Waals surface area (Å²) in [5.41, 5.74) is 0. The summed E-state index contributed by atoms with van der Waals surface area (Å²) in [5.74, 6) is -1.03. The highest BCUT2D eigenvalue weighted by atomic mass is 16.5. The van der Waals surface area contributed by atoms with Crippen molar-refractivity contribution in [2.75, 3.05) is 32.9 Å². The standard InChI is InChI=1S/C10H20N2O5/c1-8(2)17-6-4-12-10(15)11-3-5-16-7-9(13)14/h8H,3-7H2,1-2H3,(H,13,14)(H2,11,12,15). The minimum absolute atomic E-state index is 0.143. The summed E-state index contributed by atoms with van der Waals surface area (Å²) in [5, 5.41) is 13.4. The van der Waals surface area contributed by atoms with Gasteiger partial charge < -0.3 is 25.2 Å². The summed E-state index contributed by atoms with van der Waals surface area (Å²) in [6.07, 6.45) is 0.143. The van der Waals surface area contributed by atoms with E-state index < -0.39 is 5.97 Å². The normalized spacial score (nSPS) is 10.3. The van der Waals surface area contributed by atoms with Gasteiger partial charge in [-0.2, -0.15) is 0 Å². The molecule has 0 unspecified atom stereocenters. The van der Waals surface area contributed by atoms with Crippen molar-refractivity contribution in [1.82, 2.24) is 10.6 Å². The Bertz CT molecular complexity index is 233. The SMILES string of the molecule is CC(C)OCCNC(=O)NCCOCC(=O)O. The second-order valence-corrected chi connectivity index (χ2v) is 3.55. The maximum Gasteiger partial charge on any atom is 0.329 e. The van der Waals surface area contributed by atoms with Gasteiger partial charge in [-0.3, -0.25) is 0 Å². The quantitative estimate of drug-likeness (QED) is 0.491. The van der Waals surface area contributed by atoms with Gasteiger partial charge in [0, 0.05) is 13.1 Å². The van der Waals surface area contributed by atoms with Crippen LogP contribution in [0.3, 0.4) is 0 Å². The van der Waals surface area contributed by atoms with Crippen molar-refractivity contribution in [2.45, 2.75) is 20.0 Å². The van der Waals surface area contributed by atoms with E-state index in [0.717, 1.165) is 0 Å². The molecule has 0 saturated carbocycles. The number of nitrogens with one attached hydrogen (secondary N) is 2. The van der Waals surface area contributed by atoms with Crippen LogP contribution in [-0.4, -0.2) is 56.1 Å². The Hall–Kier alpha value is -1.34. The molecule has 0 aliphatic heterocycles. The molecular formula is C10H20N2O5. The molecule has 0 heterocycles. The zero-order valence-corrected chi connectivity index (χ0v) is 10.2. The number of amides is 2.